The van der Waals surface area contributed by atoms with Gasteiger partial charge in [0.1, 0.15) is 17.7 Å². The smallest absolute Gasteiger partial charge is 0.203 e. The van der Waals surface area contributed by atoms with E-state index in [0.717, 1.165) is 10.6 Å². The molecule has 0 saturated carbocycles. The molecule has 152 valence electrons. The summed E-state index contributed by atoms with van der Waals surface area (Å²) in [6.07, 6.45) is 4.69. The second-order valence-electron chi connectivity index (χ2n) is 6.15. The summed E-state index contributed by atoms with van der Waals surface area (Å²) in [5.41, 5.74) is 2.28. The lowest BCUT2D eigenvalue weighted by molar-refractivity contribution is 0.103. The second-order valence-corrected chi connectivity index (χ2v) is 7.05. The van der Waals surface area contributed by atoms with Crippen LogP contribution < -0.4 is 14.2 Å². The van der Waals surface area contributed by atoms with E-state index in [1.54, 1.807) is 35.4 Å². The van der Waals surface area contributed by atoms with Gasteiger partial charge >= 0.3 is 0 Å². The van der Waals surface area contributed by atoms with E-state index >= 15 is 0 Å². The first-order chi connectivity index (χ1) is 14.7. The van der Waals surface area contributed by atoms with Crippen molar-refractivity contribution in [1.82, 2.24) is 19.7 Å². The van der Waals surface area contributed by atoms with Gasteiger partial charge in [-0.1, -0.05) is 0 Å². The summed E-state index contributed by atoms with van der Waals surface area (Å²) < 4.78 is 17.7. The Morgan fingerprint density at radius 2 is 1.80 bits per heavy atom. The monoisotopic (exact) mass is 422 g/mol. The quantitative estimate of drug-likeness (QED) is 0.420. The highest BCUT2D eigenvalue weighted by Crippen LogP contribution is 2.39. The molecule has 9 heteroatoms. The predicted octanol–water partition coefficient (Wildman–Crippen LogP) is 3.65. The van der Waals surface area contributed by atoms with Gasteiger partial charge in [0, 0.05) is 28.3 Å². The molecule has 0 atom stereocenters. The molecular formula is C21H18N4O4S. The van der Waals surface area contributed by atoms with Crippen molar-refractivity contribution in [3.8, 4) is 33.5 Å². The van der Waals surface area contributed by atoms with Crippen LogP contribution in [0.2, 0.25) is 0 Å². The molecule has 2 heterocycles. The molecule has 2 aromatic heterocycles. The lowest BCUT2D eigenvalue weighted by Gasteiger charge is -2.15. The number of hydrogen-bond donors (Lipinski definition) is 0. The number of thiazole rings is 1. The molecule has 4 aromatic rings. The van der Waals surface area contributed by atoms with Crippen LogP contribution in [0.5, 0.6) is 17.2 Å². The molecule has 2 aromatic carbocycles. The minimum atomic E-state index is -0.224. The van der Waals surface area contributed by atoms with Crippen molar-refractivity contribution < 1.29 is 19.0 Å². The third-order valence-electron chi connectivity index (χ3n) is 4.51. The third kappa shape index (κ3) is 3.50. The number of ether oxygens (including phenoxy) is 3. The average Bonchev–Trinajstić information content (AvgIpc) is 3.51. The molecule has 0 aliphatic carbocycles. The fraction of sp³-hybridized carbons (Fsp3) is 0.143. The number of rotatable bonds is 7. The van der Waals surface area contributed by atoms with Gasteiger partial charge in [-0.15, -0.1) is 11.3 Å². The van der Waals surface area contributed by atoms with Gasteiger partial charge in [-0.05, 0) is 30.3 Å². The van der Waals surface area contributed by atoms with Crippen molar-refractivity contribution in [1.29, 1.82) is 0 Å². The number of ketones is 1. The number of nitrogens with zero attached hydrogens (tertiary/aromatic N) is 4. The second kappa shape index (κ2) is 8.34. The molecule has 0 bridgehead atoms. The number of carbonyl (C=O) groups is 1. The van der Waals surface area contributed by atoms with Gasteiger partial charge in [0.25, 0.3) is 0 Å². The Hall–Kier alpha value is -3.72. The van der Waals surface area contributed by atoms with Crippen molar-refractivity contribution in [2.24, 2.45) is 0 Å². The van der Waals surface area contributed by atoms with Gasteiger partial charge in [-0.3, -0.25) is 4.79 Å². The normalized spacial score (nSPS) is 10.6. The Kier molecular flexibility index (Phi) is 5.44. The van der Waals surface area contributed by atoms with E-state index in [9.17, 15) is 4.79 Å². The van der Waals surface area contributed by atoms with Crippen molar-refractivity contribution in [2.75, 3.05) is 21.3 Å². The first-order valence-corrected chi connectivity index (χ1v) is 9.77. The van der Waals surface area contributed by atoms with E-state index < -0.39 is 0 Å². The lowest BCUT2D eigenvalue weighted by Crippen LogP contribution is -2.09. The van der Waals surface area contributed by atoms with Gasteiger partial charge in [0.2, 0.25) is 5.75 Å². The van der Waals surface area contributed by atoms with Crippen molar-refractivity contribution in [3.05, 3.63) is 65.7 Å². The molecule has 0 amide bonds. The SMILES string of the molecule is COc1cc(C(=O)c2cc(-c3nccs3)ccc2-n2cncn2)cc(OC)c1OC. The molecule has 30 heavy (non-hydrogen) atoms. The Morgan fingerprint density at radius 1 is 1.03 bits per heavy atom. The fourth-order valence-electron chi connectivity index (χ4n) is 3.12. The number of methoxy groups -OCH3 is 3. The first-order valence-electron chi connectivity index (χ1n) is 8.90. The summed E-state index contributed by atoms with van der Waals surface area (Å²) in [4.78, 5) is 21.9. The van der Waals surface area contributed by atoms with Gasteiger partial charge < -0.3 is 14.2 Å². The Balaban J connectivity index is 1.88. The summed E-state index contributed by atoms with van der Waals surface area (Å²) in [6.45, 7) is 0. The molecular weight excluding hydrogens is 404 g/mol. The highest BCUT2D eigenvalue weighted by atomic mass is 32.1. The molecule has 0 radical (unpaired) electrons. The molecule has 0 aliphatic rings. The topological polar surface area (TPSA) is 88.4 Å². The van der Waals surface area contributed by atoms with Crippen LogP contribution in [0.3, 0.4) is 0 Å². The van der Waals surface area contributed by atoms with Crippen LogP contribution in [0, 0.1) is 0 Å². The zero-order valence-corrected chi connectivity index (χ0v) is 17.3. The van der Waals surface area contributed by atoms with E-state index in [2.05, 4.69) is 15.1 Å². The van der Waals surface area contributed by atoms with Gasteiger partial charge in [-0.25, -0.2) is 14.6 Å². The largest absolute Gasteiger partial charge is 0.493 e. The lowest BCUT2D eigenvalue weighted by atomic mass is 9.98. The number of benzene rings is 2. The average molecular weight is 422 g/mol. The van der Waals surface area contributed by atoms with Crippen molar-refractivity contribution in [2.45, 2.75) is 0 Å². The fourth-order valence-corrected chi connectivity index (χ4v) is 3.75. The van der Waals surface area contributed by atoms with Crippen LogP contribution in [0.25, 0.3) is 16.3 Å². The van der Waals surface area contributed by atoms with Crippen LogP contribution in [0.1, 0.15) is 15.9 Å². The summed E-state index contributed by atoms with van der Waals surface area (Å²) >= 11 is 1.50. The van der Waals surface area contributed by atoms with E-state index in [1.807, 2.05) is 17.5 Å². The minimum absolute atomic E-state index is 0.224. The molecule has 0 aliphatic heterocycles. The summed E-state index contributed by atoms with van der Waals surface area (Å²) in [6, 6.07) is 8.80. The summed E-state index contributed by atoms with van der Waals surface area (Å²) in [5, 5.41) is 6.89. The standard InChI is InChI=1S/C21H18N4O4S/c1-27-17-9-14(10-18(28-2)20(17)29-3)19(26)15-8-13(21-23-6-7-30-21)4-5-16(15)25-12-22-11-24-25/h4-12H,1-3H3. The number of carbonyl (C=O) groups excluding carboxylic acids is 1. The molecule has 0 fully saturated rings. The minimum Gasteiger partial charge on any atom is -0.493 e. The maximum Gasteiger partial charge on any atom is 0.203 e. The first kappa shape index (κ1) is 19.6. The Bertz CT molecular complexity index is 1150. The van der Waals surface area contributed by atoms with Crippen molar-refractivity contribution in [3.63, 3.8) is 0 Å². The molecule has 0 saturated heterocycles. The Labute approximate surface area is 176 Å². The number of hydrogen-bond acceptors (Lipinski definition) is 8. The molecule has 4 rings (SSSR count). The van der Waals surface area contributed by atoms with Gasteiger partial charge in [-0.2, -0.15) is 5.10 Å². The van der Waals surface area contributed by atoms with E-state index in [1.165, 1.54) is 39.0 Å². The van der Waals surface area contributed by atoms with Crippen LogP contribution in [-0.2, 0) is 0 Å². The predicted molar refractivity (Wildman–Crippen MR) is 112 cm³/mol. The molecule has 0 spiro atoms. The van der Waals surface area contributed by atoms with Gasteiger partial charge in [0.15, 0.2) is 17.3 Å². The maximum atomic E-state index is 13.6. The van der Waals surface area contributed by atoms with E-state index in [4.69, 9.17) is 14.2 Å². The van der Waals surface area contributed by atoms with Crippen LogP contribution in [0.15, 0.2) is 54.6 Å². The third-order valence-corrected chi connectivity index (χ3v) is 5.34. The van der Waals surface area contributed by atoms with E-state index in [-0.39, 0.29) is 5.78 Å². The molecule has 0 N–H and O–H groups in total. The van der Waals surface area contributed by atoms with Crippen LogP contribution in [-0.4, -0.2) is 46.9 Å². The highest BCUT2D eigenvalue weighted by Gasteiger charge is 2.22. The summed E-state index contributed by atoms with van der Waals surface area (Å²) in [7, 11) is 4.53. The van der Waals surface area contributed by atoms with Crippen molar-refractivity contribution >= 4 is 17.1 Å². The maximum absolute atomic E-state index is 13.6. The molecule has 0 unspecified atom stereocenters. The van der Waals surface area contributed by atoms with Gasteiger partial charge in [0.05, 0.1) is 27.0 Å². The highest BCUT2D eigenvalue weighted by molar-refractivity contribution is 7.13. The van der Waals surface area contributed by atoms with E-state index in [0.29, 0.717) is 34.1 Å². The zero-order valence-electron chi connectivity index (χ0n) is 16.5. The molecule has 8 nitrogen and oxygen atoms in total. The van der Waals surface area contributed by atoms with Crippen LogP contribution in [0.4, 0.5) is 0 Å². The summed E-state index contributed by atoms with van der Waals surface area (Å²) in [5.74, 6) is 1.000. The Morgan fingerprint density at radius 3 is 2.37 bits per heavy atom. The van der Waals surface area contributed by atoms with Crippen LogP contribution >= 0.6 is 11.3 Å². The number of aromatic nitrogens is 4. The zero-order chi connectivity index (χ0) is 21.1.